The van der Waals surface area contributed by atoms with Gasteiger partial charge in [0.2, 0.25) is 0 Å². The maximum atomic E-state index is 12.4. The summed E-state index contributed by atoms with van der Waals surface area (Å²) in [6.45, 7) is 1.89. The lowest BCUT2D eigenvalue weighted by atomic mass is 10.1. The van der Waals surface area contributed by atoms with E-state index < -0.39 is 10.8 Å². The zero-order valence-electron chi connectivity index (χ0n) is 12.5. The highest BCUT2D eigenvalue weighted by molar-refractivity contribution is 6.08. The molecule has 1 aromatic heterocycles. The number of amides is 1. The molecule has 0 unspecified atom stereocenters. The minimum atomic E-state index is -0.527. The molecule has 0 atom stereocenters. The van der Waals surface area contributed by atoms with Crippen molar-refractivity contribution in [2.75, 3.05) is 24.3 Å². The van der Waals surface area contributed by atoms with Gasteiger partial charge in [-0.1, -0.05) is 6.07 Å². The van der Waals surface area contributed by atoms with E-state index in [1.807, 2.05) is 13.0 Å². The summed E-state index contributed by atoms with van der Waals surface area (Å²) in [4.78, 5) is 28.6. The number of carbonyl (C=O) groups excluding carboxylic acids is 1. The fourth-order valence-electron chi connectivity index (χ4n) is 1.93. The topological polar surface area (TPSA) is 88.4 Å². The van der Waals surface area contributed by atoms with Crippen molar-refractivity contribution in [1.82, 2.24) is 4.98 Å². The fourth-order valence-corrected chi connectivity index (χ4v) is 1.93. The van der Waals surface area contributed by atoms with Crippen LogP contribution in [-0.4, -0.2) is 29.9 Å². The van der Waals surface area contributed by atoms with Crippen LogP contribution in [0.1, 0.15) is 15.9 Å². The number of pyridine rings is 1. The summed E-state index contributed by atoms with van der Waals surface area (Å²) in [5.74, 6) is -0.0458. The zero-order valence-corrected chi connectivity index (χ0v) is 12.5. The zero-order chi connectivity index (χ0) is 16.3. The molecular weight excluding hydrogens is 284 g/mol. The van der Waals surface area contributed by atoms with Gasteiger partial charge in [-0.2, -0.15) is 0 Å². The highest BCUT2D eigenvalue weighted by atomic mass is 16.6. The third-order valence-electron chi connectivity index (χ3n) is 3.07. The summed E-state index contributed by atoms with van der Waals surface area (Å²) in [6.07, 6.45) is 1.63. The second kappa shape index (κ2) is 6.21. The van der Waals surface area contributed by atoms with Gasteiger partial charge in [0, 0.05) is 38.1 Å². The van der Waals surface area contributed by atoms with Crippen LogP contribution in [0.25, 0.3) is 0 Å². The number of nitrogens with zero attached hydrogens (tertiary/aromatic N) is 3. The van der Waals surface area contributed by atoms with E-state index in [0.29, 0.717) is 11.5 Å². The first-order chi connectivity index (χ1) is 10.4. The number of aromatic nitrogens is 1. The van der Waals surface area contributed by atoms with E-state index in [1.165, 1.54) is 12.1 Å². The number of anilines is 2. The molecule has 1 heterocycles. The van der Waals surface area contributed by atoms with Gasteiger partial charge in [-0.3, -0.25) is 14.9 Å². The Bertz CT molecular complexity index is 711. The minimum Gasteiger partial charge on any atom is -0.377 e. The smallest absolute Gasteiger partial charge is 0.270 e. The van der Waals surface area contributed by atoms with Gasteiger partial charge >= 0.3 is 0 Å². The Kier molecular flexibility index (Phi) is 4.36. The summed E-state index contributed by atoms with van der Waals surface area (Å²) >= 11 is 0. The molecule has 1 N–H and O–H groups in total. The number of nitro groups is 1. The van der Waals surface area contributed by atoms with Crippen LogP contribution in [0.3, 0.4) is 0 Å². The molecule has 1 aromatic carbocycles. The van der Waals surface area contributed by atoms with Crippen LogP contribution in [0.2, 0.25) is 0 Å². The number of nitro benzene ring substituents is 1. The number of rotatable bonds is 4. The Morgan fingerprint density at radius 1 is 1.27 bits per heavy atom. The molecule has 22 heavy (non-hydrogen) atoms. The van der Waals surface area contributed by atoms with Crippen molar-refractivity contribution in [2.45, 2.75) is 6.92 Å². The third kappa shape index (κ3) is 3.38. The first kappa shape index (κ1) is 15.4. The molecule has 7 nitrogen and oxygen atoms in total. The van der Waals surface area contributed by atoms with Gasteiger partial charge in [0.1, 0.15) is 5.82 Å². The molecule has 0 fully saturated rings. The van der Waals surface area contributed by atoms with Gasteiger partial charge in [-0.05, 0) is 24.6 Å². The first-order valence-corrected chi connectivity index (χ1v) is 6.58. The Hall–Kier alpha value is -2.96. The second-order valence-corrected chi connectivity index (χ2v) is 5.03. The van der Waals surface area contributed by atoms with E-state index in [-0.39, 0.29) is 11.3 Å². The molecule has 7 heteroatoms. The van der Waals surface area contributed by atoms with Gasteiger partial charge in [-0.15, -0.1) is 0 Å². The summed E-state index contributed by atoms with van der Waals surface area (Å²) in [5.41, 5.74) is 1.66. The molecule has 0 radical (unpaired) electrons. The second-order valence-electron chi connectivity index (χ2n) is 5.03. The number of nitrogens with one attached hydrogen (secondary N) is 1. The normalized spacial score (nSPS) is 10.1. The standard InChI is InChI=1S/C15H16N4O3/c1-10-4-7-14(16-9-10)17-15(20)12-8-11(19(21)22)5-6-13(12)18(2)3/h4-9H,1-3H3,(H,16,17,20). The van der Waals surface area contributed by atoms with Crippen LogP contribution in [0, 0.1) is 17.0 Å². The highest BCUT2D eigenvalue weighted by Crippen LogP contribution is 2.25. The van der Waals surface area contributed by atoms with E-state index >= 15 is 0 Å². The lowest BCUT2D eigenvalue weighted by molar-refractivity contribution is -0.384. The fraction of sp³-hybridized carbons (Fsp3) is 0.200. The predicted molar refractivity (Wildman–Crippen MR) is 84.4 cm³/mol. The van der Waals surface area contributed by atoms with E-state index in [2.05, 4.69) is 10.3 Å². The van der Waals surface area contributed by atoms with E-state index in [4.69, 9.17) is 0 Å². The van der Waals surface area contributed by atoms with E-state index in [9.17, 15) is 14.9 Å². The maximum Gasteiger partial charge on any atom is 0.270 e. The van der Waals surface area contributed by atoms with Crippen molar-refractivity contribution in [3.8, 4) is 0 Å². The molecule has 1 amide bonds. The molecule has 2 aromatic rings. The Balaban J connectivity index is 2.36. The average Bonchev–Trinajstić information content (AvgIpc) is 2.48. The van der Waals surface area contributed by atoms with Crippen molar-refractivity contribution >= 4 is 23.1 Å². The van der Waals surface area contributed by atoms with Crippen molar-refractivity contribution < 1.29 is 9.72 Å². The monoisotopic (exact) mass is 300 g/mol. The molecule has 114 valence electrons. The number of hydrogen-bond donors (Lipinski definition) is 1. The SMILES string of the molecule is Cc1ccc(NC(=O)c2cc([N+](=O)[O-])ccc2N(C)C)nc1. The lowest BCUT2D eigenvalue weighted by Crippen LogP contribution is -2.19. The maximum absolute atomic E-state index is 12.4. The molecule has 0 spiro atoms. The predicted octanol–water partition coefficient (Wildman–Crippen LogP) is 2.62. The van der Waals surface area contributed by atoms with E-state index in [1.54, 1.807) is 37.3 Å². The summed E-state index contributed by atoms with van der Waals surface area (Å²) < 4.78 is 0. The summed E-state index contributed by atoms with van der Waals surface area (Å²) in [5, 5.41) is 13.5. The van der Waals surface area contributed by atoms with Crippen molar-refractivity contribution in [2.24, 2.45) is 0 Å². The highest BCUT2D eigenvalue weighted by Gasteiger charge is 2.18. The number of non-ortho nitro benzene ring substituents is 1. The van der Waals surface area contributed by atoms with Crippen LogP contribution in [0.5, 0.6) is 0 Å². The molecular formula is C15H16N4O3. The van der Waals surface area contributed by atoms with Crippen molar-refractivity contribution in [1.29, 1.82) is 0 Å². The summed E-state index contributed by atoms with van der Waals surface area (Å²) in [6, 6.07) is 7.69. The average molecular weight is 300 g/mol. The number of aryl methyl sites for hydroxylation is 1. The van der Waals surface area contributed by atoms with Gasteiger partial charge in [0.15, 0.2) is 0 Å². The minimum absolute atomic E-state index is 0.132. The van der Waals surface area contributed by atoms with Gasteiger partial charge in [-0.25, -0.2) is 4.98 Å². The third-order valence-corrected chi connectivity index (χ3v) is 3.07. The largest absolute Gasteiger partial charge is 0.377 e. The van der Waals surface area contributed by atoms with Crippen LogP contribution in [0.15, 0.2) is 36.5 Å². The van der Waals surface area contributed by atoms with Crippen LogP contribution < -0.4 is 10.2 Å². The van der Waals surface area contributed by atoms with Crippen LogP contribution in [-0.2, 0) is 0 Å². The van der Waals surface area contributed by atoms with Crippen LogP contribution in [0.4, 0.5) is 17.2 Å². The first-order valence-electron chi connectivity index (χ1n) is 6.58. The van der Waals surface area contributed by atoms with Gasteiger partial charge in [0.25, 0.3) is 11.6 Å². The van der Waals surface area contributed by atoms with Crippen molar-refractivity contribution in [3.63, 3.8) is 0 Å². The van der Waals surface area contributed by atoms with Gasteiger partial charge in [0.05, 0.1) is 10.5 Å². The number of carbonyl (C=O) groups is 1. The quantitative estimate of drug-likeness (QED) is 0.692. The molecule has 0 saturated heterocycles. The van der Waals surface area contributed by atoms with Crippen LogP contribution >= 0.6 is 0 Å². The molecule has 0 aliphatic carbocycles. The molecule has 0 saturated carbocycles. The Morgan fingerprint density at radius 3 is 2.55 bits per heavy atom. The molecule has 0 aliphatic rings. The number of benzene rings is 1. The number of hydrogen-bond acceptors (Lipinski definition) is 5. The molecule has 0 bridgehead atoms. The van der Waals surface area contributed by atoms with Gasteiger partial charge < -0.3 is 10.2 Å². The van der Waals surface area contributed by atoms with Crippen molar-refractivity contribution in [3.05, 3.63) is 57.8 Å². The summed E-state index contributed by atoms with van der Waals surface area (Å²) in [7, 11) is 3.53. The van der Waals surface area contributed by atoms with E-state index in [0.717, 1.165) is 5.56 Å². The molecule has 0 aliphatic heterocycles. The Labute approximate surface area is 127 Å². The molecule has 2 rings (SSSR count). The Morgan fingerprint density at radius 2 is 2.00 bits per heavy atom. The lowest BCUT2D eigenvalue weighted by Gasteiger charge is -2.16.